The van der Waals surface area contributed by atoms with Gasteiger partial charge in [0.15, 0.2) is 0 Å². The molecular formula is C11H15N3OSi. The van der Waals surface area contributed by atoms with E-state index in [0.717, 1.165) is 5.56 Å². The monoisotopic (exact) mass is 233 g/mol. The van der Waals surface area contributed by atoms with Crippen molar-refractivity contribution in [2.75, 3.05) is 0 Å². The number of oxime groups is 1. The maximum atomic E-state index is 8.93. The number of nitrogens with zero attached hydrogens (tertiary/aromatic N) is 3. The summed E-state index contributed by atoms with van der Waals surface area (Å²) >= 11 is 0. The average molecular weight is 233 g/mol. The van der Waals surface area contributed by atoms with E-state index in [0.29, 0.717) is 11.3 Å². The van der Waals surface area contributed by atoms with Crippen molar-refractivity contribution in [1.82, 2.24) is 4.98 Å². The van der Waals surface area contributed by atoms with Gasteiger partial charge in [-0.15, -0.1) is 5.16 Å². The van der Waals surface area contributed by atoms with E-state index in [4.69, 9.17) is 9.79 Å². The Bertz CT molecular complexity index is 443. The van der Waals surface area contributed by atoms with Crippen LogP contribution < -0.4 is 0 Å². The number of hydrogen-bond donors (Lipinski definition) is 0. The number of rotatable bonds is 3. The summed E-state index contributed by atoms with van der Waals surface area (Å²) < 4.78 is 5.43. The minimum absolute atomic E-state index is 0.565. The van der Waals surface area contributed by atoms with Gasteiger partial charge >= 0.3 is 0 Å². The van der Waals surface area contributed by atoms with Crippen molar-refractivity contribution in [3.05, 3.63) is 29.6 Å². The lowest BCUT2D eigenvalue weighted by molar-refractivity contribution is 0.335. The molecule has 0 aliphatic rings. The van der Waals surface area contributed by atoms with E-state index in [-0.39, 0.29) is 0 Å². The third-order valence-electron chi connectivity index (χ3n) is 1.79. The van der Waals surface area contributed by atoms with Gasteiger partial charge in [-0.2, -0.15) is 5.26 Å². The Hall–Kier alpha value is -1.67. The third kappa shape index (κ3) is 3.48. The molecule has 0 amide bonds. The van der Waals surface area contributed by atoms with Gasteiger partial charge < -0.3 is 4.53 Å². The van der Waals surface area contributed by atoms with E-state index >= 15 is 0 Å². The molecule has 0 aliphatic carbocycles. The smallest absolute Gasteiger partial charge is 0.278 e. The second-order valence-corrected chi connectivity index (χ2v) is 8.82. The molecule has 16 heavy (non-hydrogen) atoms. The summed E-state index contributed by atoms with van der Waals surface area (Å²) in [6.07, 6.45) is 3.22. The first-order chi connectivity index (χ1) is 7.44. The third-order valence-corrected chi connectivity index (χ3v) is 2.43. The predicted octanol–water partition coefficient (Wildman–Crippen LogP) is 2.53. The van der Waals surface area contributed by atoms with Crippen LogP contribution in [0.15, 0.2) is 23.6 Å². The Kier molecular flexibility index (Phi) is 3.80. The van der Waals surface area contributed by atoms with Gasteiger partial charge in [-0.05, 0) is 32.6 Å². The van der Waals surface area contributed by atoms with E-state index < -0.39 is 8.32 Å². The molecule has 0 saturated carbocycles. The van der Waals surface area contributed by atoms with Crippen molar-refractivity contribution in [3.8, 4) is 6.07 Å². The lowest BCUT2D eigenvalue weighted by Crippen LogP contribution is -2.23. The van der Waals surface area contributed by atoms with Crippen LogP contribution >= 0.6 is 0 Å². The van der Waals surface area contributed by atoms with Gasteiger partial charge in [0.25, 0.3) is 8.32 Å². The van der Waals surface area contributed by atoms with E-state index in [1.54, 1.807) is 18.5 Å². The largest absolute Gasteiger partial charge is 0.455 e. The molecule has 84 valence electrons. The zero-order valence-electron chi connectivity index (χ0n) is 9.98. The van der Waals surface area contributed by atoms with Crippen LogP contribution in [0.2, 0.25) is 19.6 Å². The Morgan fingerprint density at radius 3 is 2.75 bits per heavy atom. The highest BCUT2D eigenvalue weighted by molar-refractivity contribution is 6.69. The summed E-state index contributed by atoms with van der Waals surface area (Å²) in [5.74, 6) is 0. The highest BCUT2D eigenvalue weighted by Crippen LogP contribution is 2.09. The first-order valence-corrected chi connectivity index (χ1v) is 8.42. The van der Waals surface area contributed by atoms with Gasteiger partial charge in [0, 0.05) is 18.0 Å². The van der Waals surface area contributed by atoms with Crippen molar-refractivity contribution in [3.63, 3.8) is 0 Å². The lowest BCUT2D eigenvalue weighted by Gasteiger charge is -2.13. The molecule has 1 aromatic heterocycles. The molecule has 0 spiro atoms. The van der Waals surface area contributed by atoms with Gasteiger partial charge in [-0.25, -0.2) is 0 Å². The molecule has 1 heterocycles. The molecular weight excluding hydrogens is 218 g/mol. The molecule has 1 rings (SSSR count). The van der Waals surface area contributed by atoms with Crippen LogP contribution in [0, 0.1) is 11.3 Å². The number of pyridine rings is 1. The molecule has 0 aliphatic heterocycles. The normalized spacial score (nSPS) is 12.1. The molecule has 0 atom stereocenters. The molecule has 1 aromatic rings. The molecule has 5 heteroatoms. The quantitative estimate of drug-likeness (QED) is 0.458. The minimum atomic E-state index is -1.67. The number of aromatic nitrogens is 1. The predicted molar refractivity (Wildman–Crippen MR) is 65.6 cm³/mol. The molecule has 0 N–H and O–H groups in total. The highest BCUT2D eigenvalue weighted by atomic mass is 28.4. The molecule has 0 aromatic carbocycles. The van der Waals surface area contributed by atoms with Crippen LogP contribution in [0.1, 0.15) is 18.1 Å². The summed E-state index contributed by atoms with van der Waals surface area (Å²) in [6.45, 7) is 7.98. The van der Waals surface area contributed by atoms with Crippen LogP contribution in [-0.2, 0) is 4.53 Å². The van der Waals surface area contributed by atoms with Gasteiger partial charge in [0.1, 0.15) is 0 Å². The molecule has 4 nitrogen and oxygen atoms in total. The Morgan fingerprint density at radius 1 is 1.50 bits per heavy atom. The van der Waals surface area contributed by atoms with Crippen LogP contribution in [0.25, 0.3) is 0 Å². The van der Waals surface area contributed by atoms with Crippen molar-refractivity contribution in [2.45, 2.75) is 26.6 Å². The second kappa shape index (κ2) is 4.90. The van der Waals surface area contributed by atoms with Crippen molar-refractivity contribution in [2.24, 2.45) is 5.16 Å². The number of nitriles is 1. The summed E-state index contributed by atoms with van der Waals surface area (Å²) in [7, 11) is -1.67. The summed E-state index contributed by atoms with van der Waals surface area (Å²) in [5, 5.41) is 13.0. The Morgan fingerprint density at radius 2 is 2.19 bits per heavy atom. The SMILES string of the molecule is CC(=NO[Si](C)(C)C)c1cnccc1C#N. The fourth-order valence-electron chi connectivity index (χ4n) is 1.03. The average Bonchev–Trinajstić information content (AvgIpc) is 2.25. The van der Waals surface area contributed by atoms with Gasteiger partial charge in [-0.1, -0.05) is 0 Å². The Balaban J connectivity index is 2.97. The standard InChI is InChI=1S/C11H15N3OSi/c1-9(14-15-16(2,3)4)11-8-13-6-5-10(11)7-12/h5-6,8H,1-4H3. The first-order valence-electron chi connectivity index (χ1n) is 5.01. The highest BCUT2D eigenvalue weighted by Gasteiger charge is 2.16. The fraction of sp³-hybridized carbons (Fsp3) is 0.364. The van der Waals surface area contributed by atoms with Gasteiger partial charge in [0.05, 0.1) is 17.3 Å². The summed E-state index contributed by atoms with van der Waals surface area (Å²) in [4.78, 5) is 3.98. The number of hydrogen-bond acceptors (Lipinski definition) is 4. The van der Waals surface area contributed by atoms with E-state index in [1.165, 1.54) is 0 Å². The minimum Gasteiger partial charge on any atom is -0.455 e. The fourth-order valence-corrected chi connectivity index (χ4v) is 1.45. The van der Waals surface area contributed by atoms with E-state index in [9.17, 15) is 0 Å². The van der Waals surface area contributed by atoms with Crippen molar-refractivity contribution < 1.29 is 4.53 Å². The lowest BCUT2D eigenvalue weighted by atomic mass is 10.1. The first kappa shape index (κ1) is 12.4. The maximum Gasteiger partial charge on any atom is 0.278 e. The molecule has 0 unspecified atom stereocenters. The van der Waals surface area contributed by atoms with Crippen molar-refractivity contribution in [1.29, 1.82) is 5.26 Å². The topological polar surface area (TPSA) is 58.3 Å². The molecule has 0 fully saturated rings. The zero-order chi connectivity index (χ0) is 12.2. The summed E-state index contributed by atoms with van der Waals surface area (Å²) in [6, 6.07) is 3.78. The van der Waals surface area contributed by atoms with Gasteiger partial charge in [0.2, 0.25) is 0 Å². The molecule has 0 saturated heterocycles. The van der Waals surface area contributed by atoms with Crippen molar-refractivity contribution >= 4 is 14.0 Å². The zero-order valence-corrected chi connectivity index (χ0v) is 11.0. The second-order valence-electron chi connectivity index (χ2n) is 4.41. The van der Waals surface area contributed by atoms with Crippen LogP contribution in [0.5, 0.6) is 0 Å². The molecule has 0 bridgehead atoms. The maximum absolute atomic E-state index is 8.93. The summed E-state index contributed by atoms with van der Waals surface area (Å²) in [5.41, 5.74) is 1.98. The Labute approximate surface area is 96.7 Å². The van der Waals surface area contributed by atoms with Crippen LogP contribution in [-0.4, -0.2) is 19.0 Å². The van der Waals surface area contributed by atoms with E-state index in [2.05, 4.69) is 35.8 Å². The van der Waals surface area contributed by atoms with E-state index in [1.807, 2.05) is 6.92 Å². The van der Waals surface area contributed by atoms with Gasteiger partial charge in [-0.3, -0.25) is 4.98 Å². The van der Waals surface area contributed by atoms with Crippen LogP contribution in [0.4, 0.5) is 0 Å². The molecule has 0 radical (unpaired) electrons. The van der Waals surface area contributed by atoms with Crippen LogP contribution in [0.3, 0.4) is 0 Å².